The summed E-state index contributed by atoms with van der Waals surface area (Å²) in [6.07, 6.45) is 9.37. The van der Waals surface area contributed by atoms with Crippen LogP contribution in [0.1, 0.15) is 139 Å². The lowest BCUT2D eigenvalue weighted by Crippen LogP contribution is -2.48. The molecule has 2 aromatic rings. The number of ether oxygens (including phenoxy) is 1. The van der Waals surface area contributed by atoms with Crippen LogP contribution in [0.2, 0.25) is 10.0 Å². The first-order valence-electron chi connectivity index (χ1n) is 19.7. The summed E-state index contributed by atoms with van der Waals surface area (Å²) in [4.78, 5) is 38.5. The number of hydrogen-bond donors (Lipinski definition) is 3. The summed E-state index contributed by atoms with van der Waals surface area (Å²) in [6.45, 7) is 15.3. The fourth-order valence-corrected chi connectivity index (χ4v) is 9.34. The maximum absolute atomic E-state index is 13.2. The monoisotopic (exact) mass is 784 g/mol. The number of carbonyl (C=O) groups excluding carboxylic acids is 3. The van der Waals surface area contributed by atoms with E-state index in [1.807, 2.05) is 26.0 Å². The molecule has 0 bridgehead atoms. The highest BCUT2D eigenvalue weighted by molar-refractivity contribution is 6.36. The molecule has 2 fully saturated rings. The molecule has 0 unspecified atom stereocenters. The summed E-state index contributed by atoms with van der Waals surface area (Å²) in [5.74, 6) is 12.5. The van der Waals surface area contributed by atoms with Gasteiger partial charge in [-0.15, -0.1) is 11.8 Å². The number of benzene rings is 2. The second kappa shape index (κ2) is 17.3. The molecule has 2 spiro atoms. The number of nitrogens with one attached hydrogen (secondary N) is 2. The van der Waals surface area contributed by atoms with Crippen molar-refractivity contribution in [3.8, 4) is 23.7 Å². The largest absolute Gasteiger partial charge is 0.509 e. The number of amides is 2. The molecule has 0 radical (unpaired) electrons. The molecule has 4 aliphatic rings. The van der Waals surface area contributed by atoms with Gasteiger partial charge >= 0.3 is 5.97 Å². The molecule has 2 aliphatic carbocycles. The van der Waals surface area contributed by atoms with Crippen molar-refractivity contribution in [2.24, 2.45) is 17.8 Å². The summed E-state index contributed by atoms with van der Waals surface area (Å²) in [6, 6.07) is 7.34. The standard InChI is InChI=1S/C25H30ClNO3.C21H24ClNO2/c1-6-8-18-13-16(5)20(19(26)14-18)21-22(30-24(29)15(3)4)25(27-23(21)28)11-9-17(7-2)10-12-25;1-4-6-15-11-13(3)17(16(22)12-15)18-19(24)21(23-20(18)25)9-7-14(5-2)8-10-21/h13-15,17H,7,9-12H2,1-5H3,(H,27,28);11-12,14,24H,5,7-10H2,1-3H3,(H,23,25). The third-order valence-corrected chi connectivity index (χ3v) is 12.5. The maximum Gasteiger partial charge on any atom is 0.313 e. The minimum Gasteiger partial charge on any atom is -0.509 e. The Morgan fingerprint density at radius 1 is 0.782 bits per heavy atom. The quantitative estimate of drug-likeness (QED) is 0.200. The molecule has 2 amide bonds. The number of aliphatic hydroxyl groups is 1. The van der Waals surface area contributed by atoms with Gasteiger partial charge in [-0.25, -0.2) is 0 Å². The molecule has 9 heteroatoms. The fourth-order valence-electron chi connectivity index (χ4n) is 8.62. The summed E-state index contributed by atoms with van der Waals surface area (Å²) in [5.41, 5.74) is 3.99. The Balaban J connectivity index is 0.000000214. The molecule has 0 atom stereocenters. The van der Waals surface area contributed by atoms with Gasteiger partial charge in [-0.3, -0.25) is 14.4 Å². The van der Waals surface area contributed by atoms with E-state index in [1.54, 1.807) is 39.8 Å². The lowest BCUT2D eigenvalue weighted by molar-refractivity contribution is -0.144. The summed E-state index contributed by atoms with van der Waals surface area (Å²) in [5, 5.41) is 18.1. The zero-order valence-electron chi connectivity index (χ0n) is 33.4. The molecule has 7 nitrogen and oxygen atoms in total. The van der Waals surface area contributed by atoms with Gasteiger partial charge in [0.05, 0.1) is 38.2 Å². The molecule has 55 heavy (non-hydrogen) atoms. The van der Waals surface area contributed by atoms with E-state index in [4.69, 9.17) is 27.9 Å². The Hall–Kier alpha value is -4.17. The molecule has 2 aliphatic heterocycles. The predicted octanol–water partition coefficient (Wildman–Crippen LogP) is 10.2. The van der Waals surface area contributed by atoms with E-state index in [2.05, 4.69) is 48.2 Å². The minimum atomic E-state index is -0.639. The van der Waals surface area contributed by atoms with Gasteiger partial charge < -0.3 is 20.5 Å². The van der Waals surface area contributed by atoms with Crippen molar-refractivity contribution >= 4 is 52.1 Å². The van der Waals surface area contributed by atoms with Crippen molar-refractivity contribution in [2.45, 2.75) is 131 Å². The van der Waals surface area contributed by atoms with Crippen LogP contribution in [0.4, 0.5) is 0 Å². The van der Waals surface area contributed by atoms with Gasteiger partial charge in [-0.05, 0) is 126 Å². The SMILES string of the molecule is CC#Cc1cc(C)c(C2=C(O)C3(CCC(CC)CC3)NC2=O)c(Cl)c1.CC#Cc1cc(C)c(C2=C(OC(=O)C(C)C)C3(CCC(CC)CC3)NC2=O)c(Cl)c1. The Morgan fingerprint density at radius 3 is 1.62 bits per heavy atom. The highest BCUT2D eigenvalue weighted by Crippen LogP contribution is 2.48. The average Bonchev–Trinajstić information content (AvgIpc) is 3.52. The second-order valence-electron chi connectivity index (χ2n) is 15.8. The van der Waals surface area contributed by atoms with Crippen LogP contribution in [0.3, 0.4) is 0 Å². The van der Waals surface area contributed by atoms with Crippen LogP contribution in [-0.2, 0) is 19.1 Å². The van der Waals surface area contributed by atoms with E-state index >= 15 is 0 Å². The molecule has 2 saturated carbocycles. The number of rotatable bonds is 6. The Kier molecular flexibility index (Phi) is 13.2. The Morgan fingerprint density at radius 2 is 1.20 bits per heavy atom. The first-order chi connectivity index (χ1) is 26.1. The van der Waals surface area contributed by atoms with Gasteiger partial charge in [0.2, 0.25) is 0 Å². The lowest BCUT2D eigenvalue weighted by Gasteiger charge is -2.38. The first kappa shape index (κ1) is 42.0. The van der Waals surface area contributed by atoms with Crippen LogP contribution in [0.25, 0.3) is 11.1 Å². The number of halogens is 2. The van der Waals surface area contributed by atoms with Crippen molar-refractivity contribution in [2.75, 3.05) is 0 Å². The summed E-state index contributed by atoms with van der Waals surface area (Å²) < 4.78 is 5.93. The Labute approximate surface area is 337 Å². The van der Waals surface area contributed by atoms with E-state index in [9.17, 15) is 19.5 Å². The number of esters is 1. The third-order valence-electron chi connectivity index (χ3n) is 11.9. The molecule has 0 saturated heterocycles. The van der Waals surface area contributed by atoms with E-state index in [0.717, 1.165) is 86.5 Å². The van der Waals surface area contributed by atoms with Crippen molar-refractivity contribution < 1.29 is 24.2 Å². The van der Waals surface area contributed by atoms with Crippen LogP contribution < -0.4 is 10.6 Å². The third kappa shape index (κ3) is 8.50. The van der Waals surface area contributed by atoms with Crippen LogP contribution in [-0.4, -0.2) is 34.0 Å². The molecule has 6 rings (SSSR count). The number of hydrogen-bond acceptors (Lipinski definition) is 5. The summed E-state index contributed by atoms with van der Waals surface area (Å²) >= 11 is 13.1. The topological polar surface area (TPSA) is 105 Å². The van der Waals surface area contributed by atoms with Gasteiger partial charge in [0.15, 0.2) is 0 Å². The van der Waals surface area contributed by atoms with Crippen molar-refractivity contribution in [3.05, 3.63) is 79.2 Å². The van der Waals surface area contributed by atoms with E-state index in [0.29, 0.717) is 49.9 Å². The summed E-state index contributed by atoms with van der Waals surface area (Å²) in [7, 11) is 0. The Bertz CT molecular complexity index is 2010. The first-order valence-corrected chi connectivity index (χ1v) is 20.4. The van der Waals surface area contributed by atoms with E-state index in [1.165, 1.54) is 0 Å². The van der Waals surface area contributed by atoms with Crippen molar-refractivity contribution in [3.63, 3.8) is 0 Å². The highest BCUT2D eigenvalue weighted by atomic mass is 35.5. The van der Waals surface area contributed by atoms with Crippen LogP contribution in [0.5, 0.6) is 0 Å². The fraction of sp³-hybridized carbons (Fsp3) is 0.500. The molecular formula is C46H54Cl2N2O5. The minimum absolute atomic E-state index is 0.159. The van der Waals surface area contributed by atoms with Crippen LogP contribution in [0.15, 0.2) is 35.8 Å². The zero-order chi connectivity index (χ0) is 40.2. The van der Waals surface area contributed by atoms with Crippen molar-refractivity contribution in [1.29, 1.82) is 0 Å². The predicted molar refractivity (Wildman–Crippen MR) is 221 cm³/mol. The molecule has 0 aromatic heterocycles. The molecule has 2 aromatic carbocycles. The maximum atomic E-state index is 13.2. The molecule has 3 N–H and O–H groups in total. The van der Waals surface area contributed by atoms with Crippen LogP contribution >= 0.6 is 23.2 Å². The van der Waals surface area contributed by atoms with Gasteiger partial charge in [-0.1, -0.05) is 75.6 Å². The van der Waals surface area contributed by atoms with Crippen LogP contribution in [0, 0.1) is 55.3 Å². The second-order valence-corrected chi connectivity index (χ2v) is 16.6. The highest BCUT2D eigenvalue weighted by Gasteiger charge is 2.51. The smallest absolute Gasteiger partial charge is 0.313 e. The van der Waals surface area contributed by atoms with Gasteiger partial charge in [-0.2, -0.15) is 0 Å². The van der Waals surface area contributed by atoms with E-state index < -0.39 is 11.1 Å². The van der Waals surface area contributed by atoms with Gasteiger partial charge in [0, 0.05) is 22.3 Å². The number of aliphatic hydroxyl groups excluding tert-OH is 1. The lowest BCUT2D eigenvalue weighted by atomic mass is 9.74. The molecule has 292 valence electrons. The average molecular weight is 786 g/mol. The van der Waals surface area contributed by atoms with Gasteiger partial charge in [0.1, 0.15) is 11.5 Å². The normalized spacial score (nSPS) is 24.5. The van der Waals surface area contributed by atoms with Crippen molar-refractivity contribution in [1.82, 2.24) is 10.6 Å². The molecule has 2 heterocycles. The van der Waals surface area contributed by atoms with E-state index in [-0.39, 0.29) is 29.5 Å². The zero-order valence-corrected chi connectivity index (χ0v) is 35.0. The number of aryl methyl sites for hydroxylation is 2. The molecular weight excluding hydrogens is 731 g/mol. The number of carbonyl (C=O) groups is 3. The van der Waals surface area contributed by atoms with Gasteiger partial charge in [0.25, 0.3) is 11.8 Å².